The average molecular weight is 387 g/mol. The van der Waals surface area contributed by atoms with Crippen LogP contribution >= 0.6 is 0 Å². The Kier molecular flexibility index (Phi) is 5.06. The number of ether oxygens (including phenoxy) is 1. The Morgan fingerprint density at radius 1 is 1.18 bits per heavy atom. The van der Waals surface area contributed by atoms with Gasteiger partial charge in [0.2, 0.25) is 0 Å². The standard InChI is InChI=1S/C15H13N7O6/c1-20-14-12(7-19-20)13(17-8-18-14)16-2-3-28-15(23)9-4-10(21(24)25)6-11(5-9)22(26)27/h4-8H,2-3H2,1H3,(H,16,17,18). The second-order valence-corrected chi connectivity index (χ2v) is 5.54. The van der Waals surface area contributed by atoms with Crippen molar-refractivity contribution in [2.24, 2.45) is 7.05 Å². The van der Waals surface area contributed by atoms with E-state index < -0.39 is 27.2 Å². The molecule has 0 aliphatic rings. The molecule has 1 N–H and O–H groups in total. The molecule has 144 valence electrons. The number of rotatable bonds is 7. The first kappa shape index (κ1) is 18.6. The zero-order chi connectivity index (χ0) is 20.3. The van der Waals surface area contributed by atoms with Crippen LogP contribution in [-0.4, -0.2) is 48.7 Å². The molecular formula is C15H13N7O6. The van der Waals surface area contributed by atoms with E-state index in [1.54, 1.807) is 17.9 Å². The highest BCUT2D eigenvalue weighted by Gasteiger charge is 2.20. The highest BCUT2D eigenvalue weighted by Crippen LogP contribution is 2.23. The van der Waals surface area contributed by atoms with Gasteiger partial charge in [-0.05, 0) is 0 Å². The summed E-state index contributed by atoms with van der Waals surface area (Å²) in [4.78, 5) is 40.4. The molecule has 2 heterocycles. The van der Waals surface area contributed by atoms with Crippen LogP contribution in [0.5, 0.6) is 0 Å². The number of fused-ring (bicyclic) bond motifs is 1. The van der Waals surface area contributed by atoms with E-state index in [2.05, 4.69) is 20.4 Å². The number of carbonyl (C=O) groups excluding carboxylic acids is 1. The third-order valence-electron chi connectivity index (χ3n) is 3.72. The Morgan fingerprint density at radius 3 is 2.50 bits per heavy atom. The summed E-state index contributed by atoms with van der Waals surface area (Å²) >= 11 is 0. The van der Waals surface area contributed by atoms with Gasteiger partial charge in [0.15, 0.2) is 5.65 Å². The molecule has 3 rings (SSSR count). The number of esters is 1. The lowest BCUT2D eigenvalue weighted by Gasteiger charge is -2.08. The van der Waals surface area contributed by atoms with Gasteiger partial charge in [-0.25, -0.2) is 14.8 Å². The summed E-state index contributed by atoms with van der Waals surface area (Å²) < 4.78 is 6.61. The van der Waals surface area contributed by atoms with Crippen LogP contribution in [0.1, 0.15) is 10.4 Å². The van der Waals surface area contributed by atoms with Crippen LogP contribution in [-0.2, 0) is 11.8 Å². The third kappa shape index (κ3) is 3.82. The van der Waals surface area contributed by atoms with Crippen molar-refractivity contribution in [3.05, 3.63) is 56.5 Å². The highest BCUT2D eigenvalue weighted by atomic mass is 16.6. The first-order valence-corrected chi connectivity index (χ1v) is 7.84. The van der Waals surface area contributed by atoms with E-state index in [4.69, 9.17) is 4.74 Å². The molecule has 0 aliphatic carbocycles. The van der Waals surface area contributed by atoms with Gasteiger partial charge in [0.05, 0.1) is 39.6 Å². The van der Waals surface area contributed by atoms with E-state index in [1.807, 2.05) is 0 Å². The van der Waals surface area contributed by atoms with Crippen molar-refractivity contribution in [3.63, 3.8) is 0 Å². The normalized spacial score (nSPS) is 10.6. The Morgan fingerprint density at radius 2 is 1.86 bits per heavy atom. The van der Waals surface area contributed by atoms with E-state index in [1.165, 1.54) is 6.33 Å². The molecular weight excluding hydrogens is 374 g/mol. The van der Waals surface area contributed by atoms with Crippen molar-refractivity contribution in [2.75, 3.05) is 18.5 Å². The van der Waals surface area contributed by atoms with Crippen LogP contribution in [0.15, 0.2) is 30.7 Å². The maximum absolute atomic E-state index is 12.1. The van der Waals surface area contributed by atoms with Gasteiger partial charge in [0.1, 0.15) is 18.8 Å². The van der Waals surface area contributed by atoms with Crippen molar-refractivity contribution < 1.29 is 19.4 Å². The summed E-state index contributed by atoms with van der Waals surface area (Å²) in [5.74, 6) is -0.414. The molecule has 0 spiro atoms. The Bertz CT molecular complexity index is 1050. The van der Waals surface area contributed by atoms with E-state index >= 15 is 0 Å². The van der Waals surface area contributed by atoms with Gasteiger partial charge in [-0.3, -0.25) is 24.9 Å². The molecule has 28 heavy (non-hydrogen) atoms. The molecule has 0 atom stereocenters. The average Bonchev–Trinajstić information content (AvgIpc) is 3.06. The number of hydrogen-bond acceptors (Lipinski definition) is 10. The van der Waals surface area contributed by atoms with Crippen LogP contribution in [0.25, 0.3) is 11.0 Å². The number of nitrogens with zero attached hydrogens (tertiary/aromatic N) is 6. The summed E-state index contributed by atoms with van der Waals surface area (Å²) in [7, 11) is 1.74. The Labute approximate surface area is 156 Å². The summed E-state index contributed by atoms with van der Waals surface area (Å²) in [5.41, 5.74) is -0.797. The fourth-order valence-electron chi connectivity index (χ4n) is 2.42. The van der Waals surface area contributed by atoms with Crippen LogP contribution in [0.2, 0.25) is 0 Å². The lowest BCUT2D eigenvalue weighted by Crippen LogP contribution is -2.15. The monoisotopic (exact) mass is 387 g/mol. The van der Waals surface area contributed by atoms with Crippen LogP contribution < -0.4 is 5.32 Å². The zero-order valence-corrected chi connectivity index (χ0v) is 14.4. The number of hydrogen-bond donors (Lipinski definition) is 1. The fraction of sp³-hybridized carbons (Fsp3) is 0.200. The smallest absolute Gasteiger partial charge is 0.338 e. The van der Waals surface area contributed by atoms with Crippen LogP contribution in [0.4, 0.5) is 17.2 Å². The number of nitrogens with one attached hydrogen (secondary N) is 1. The second-order valence-electron chi connectivity index (χ2n) is 5.54. The molecule has 0 bridgehead atoms. The minimum atomic E-state index is -0.914. The predicted molar refractivity (Wildman–Crippen MR) is 94.8 cm³/mol. The summed E-state index contributed by atoms with van der Waals surface area (Å²) in [5, 5.41) is 29.5. The number of nitro benzene ring substituents is 2. The van der Waals surface area contributed by atoms with Gasteiger partial charge in [-0.1, -0.05) is 0 Å². The number of benzene rings is 1. The Hall–Kier alpha value is -4.16. The number of anilines is 1. The molecule has 0 unspecified atom stereocenters. The van der Waals surface area contributed by atoms with Gasteiger partial charge in [-0.2, -0.15) is 5.10 Å². The van der Waals surface area contributed by atoms with Gasteiger partial charge in [0, 0.05) is 19.2 Å². The molecule has 0 amide bonds. The van der Waals surface area contributed by atoms with Gasteiger partial charge < -0.3 is 10.1 Å². The van der Waals surface area contributed by atoms with E-state index in [-0.39, 0.29) is 18.7 Å². The highest BCUT2D eigenvalue weighted by molar-refractivity contribution is 5.91. The first-order chi connectivity index (χ1) is 13.4. The molecule has 3 aromatic rings. The lowest BCUT2D eigenvalue weighted by molar-refractivity contribution is -0.394. The SMILES string of the molecule is Cn1ncc2c(NCCOC(=O)c3cc([N+](=O)[O-])cc([N+](=O)[O-])c3)ncnc21. The largest absolute Gasteiger partial charge is 0.460 e. The first-order valence-electron chi connectivity index (χ1n) is 7.84. The number of nitro groups is 2. The van der Waals surface area contributed by atoms with Crippen LogP contribution in [0, 0.1) is 20.2 Å². The lowest BCUT2D eigenvalue weighted by atomic mass is 10.2. The molecule has 0 radical (unpaired) electrons. The number of aromatic nitrogens is 4. The van der Waals surface area contributed by atoms with Gasteiger partial charge in [0.25, 0.3) is 11.4 Å². The fourth-order valence-corrected chi connectivity index (χ4v) is 2.42. The van der Waals surface area contributed by atoms with Crippen molar-refractivity contribution in [3.8, 4) is 0 Å². The molecule has 0 saturated carbocycles. The minimum absolute atomic E-state index is 0.0961. The van der Waals surface area contributed by atoms with E-state index in [0.29, 0.717) is 16.9 Å². The van der Waals surface area contributed by atoms with E-state index in [9.17, 15) is 25.0 Å². The third-order valence-corrected chi connectivity index (χ3v) is 3.72. The number of aryl methyl sites for hydroxylation is 1. The summed E-state index contributed by atoms with van der Waals surface area (Å²) in [6.45, 7) is 0.0881. The minimum Gasteiger partial charge on any atom is -0.460 e. The predicted octanol–water partition coefficient (Wildman–Crippen LogP) is 1.45. The molecule has 13 heteroatoms. The van der Waals surface area contributed by atoms with Crippen molar-refractivity contribution >= 4 is 34.2 Å². The summed E-state index contributed by atoms with van der Waals surface area (Å²) in [6.07, 6.45) is 2.95. The maximum atomic E-state index is 12.1. The second kappa shape index (κ2) is 7.61. The van der Waals surface area contributed by atoms with E-state index in [0.717, 1.165) is 18.2 Å². The Balaban J connectivity index is 1.64. The van der Waals surface area contributed by atoms with Crippen LogP contribution in [0.3, 0.4) is 0 Å². The quantitative estimate of drug-likeness (QED) is 0.271. The van der Waals surface area contributed by atoms with Crippen molar-refractivity contribution in [1.82, 2.24) is 19.7 Å². The number of carbonyl (C=O) groups is 1. The molecule has 13 nitrogen and oxygen atoms in total. The topological polar surface area (TPSA) is 168 Å². The molecule has 1 aromatic carbocycles. The van der Waals surface area contributed by atoms with Crippen molar-refractivity contribution in [2.45, 2.75) is 0 Å². The molecule has 0 fully saturated rings. The molecule has 0 aliphatic heterocycles. The van der Waals surface area contributed by atoms with Gasteiger partial charge in [-0.15, -0.1) is 0 Å². The molecule has 0 saturated heterocycles. The molecule has 2 aromatic heterocycles. The van der Waals surface area contributed by atoms with Crippen molar-refractivity contribution in [1.29, 1.82) is 0 Å². The number of non-ortho nitro benzene ring substituents is 2. The van der Waals surface area contributed by atoms with Gasteiger partial charge >= 0.3 is 5.97 Å². The summed E-state index contributed by atoms with van der Waals surface area (Å²) in [6, 6.07) is 2.62. The maximum Gasteiger partial charge on any atom is 0.338 e. The zero-order valence-electron chi connectivity index (χ0n) is 14.4.